The number of para-hydroxylation sites is 4. The van der Waals surface area contributed by atoms with E-state index in [4.69, 9.17) is 19.4 Å². The van der Waals surface area contributed by atoms with E-state index >= 15 is 0 Å². The zero-order chi connectivity index (χ0) is 41.4. The largest absolute Gasteiger partial charge is 0.455 e. The van der Waals surface area contributed by atoms with Gasteiger partial charge in [0.05, 0.1) is 38.7 Å². The Balaban J connectivity index is 0.983. The summed E-state index contributed by atoms with van der Waals surface area (Å²) in [4.78, 5) is 15.1. The van der Waals surface area contributed by atoms with Crippen LogP contribution in [0.15, 0.2) is 217 Å². The second-order valence-corrected chi connectivity index (χ2v) is 16.0. The molecule has 9 aromatic carbocycles. The third kappa shape index (κ3) is 5.55. The molecule has 0 N–H and O–H groups in total. The molecule has 0 fully saturated rings. The zero-order valence-corrected chi connectivity index (χ0v) is 33.9. The van der Waals surface area contributed by atoms with E-state index < -0.39 is 0 Å². The number of hydrogen-bond donors (Lipinski definition) is 0. The fraction of sp³-hybridized carbons (Fsp3) is 0. The summed E-state index contributed by atoms with van der Waals surface area (Å²) >= 11 is 0. The Labute approximate surface area is 361 Å². The first-order valence-corrected chi connectivity index (χ1v) is 21.2. The van der Waals surface area contributed by atoms with Crippen molar-refractivity contribution in [1.29, 1.82) is 0 Å². The van der Waals surface area contributed by atoms with Gasteiger partial charge in [-0.15, -0.1) is 0 Å². The summed E-state index contributed by atoms with van der Waals surface area (Å²) in [5, 5.41) is 6.87. The van der Waals surface area contributed by atoms with E-state index in [-0.39, 0.29) is 0 Å². The second kappa shape index (κ2) is 14.0. The molecule has 294 valence electrons. The van der Waals surface area contributed by atoms with E-state index in [2.05, 4.69) is 155 Å². The van der Waals surface area contributed by atoms with Crippen molar-refractivity contribution in [1.82, 2.24) is 24.1 Å². The van der Waals surface area contributed by atoms with Crippen LogP contribution in [-0.4, -0.2) is 24.1 Å². The smallest absolute Gasteiger partial charge is 0.167 e. The molecule has 13 aromatic rings. The Morgan fingerprint density at radius 2 is 0.825 bits per heavy atom. The van der Waals surface area contributed by atoms with E-state index in [1.54, 1.807) is 0 Å². The summed E-state index contributed by atoms with van der Waals surface area (Å²) in [5.74, 6) is 1.77. The fourth-order valence-electron chi connectivity index (χ4n) is 9.54. The molecular formula is C57H35N5O. The monoisotopic (exact) mass is 805 g/mol. The van der Waals surface area contributed by atoms with Crippen LogP contribution in [0.4, 0.5) is 0 Å². The Morgan fingerprint density at radius 1 is 0.333 bits per heavy atom. The number of fused-ring (bicyclic) bond motifs is 9. The van der Waals surface area contributed by atoms with Gasteiger partial charge in [-0.3, -0.25) is 0 Å². The molecule has 63 heavy (non-hydrogen) atoms. The first-order chi connectivity index (χ1) is 31.2. The van der Waals surface area contributed by atoms with Crippen LogP contribution in [-0.2, 0) is 0 Å². The van der Waals surface area contributed by atoms with Gasteiger partial charge < -0.3 is 13.6 Å². The molecule has 0 aliphatic rings. The van der Waals surface area contributed by atoms with Gasteiger partial charge >= 0.3 is 0 Å². The molecule has 4 aromatic heterocycles. The molecular weight excluding hydrogens is 771 g/mol. The van der Waals surface area contributed by atoms with Gasteiger partial charge in [0.25, 0.3) is 0 Å². The summed E-state index contributed by atoms with van der Waals surface area (Å²) in [6.07, 6.45) is 0. The van der Waals surface area contributed by atoms with E-state index in [0.717, 1.165) is 61.0 Å². The number of furan rings is 1. The lowest BCUT2D eigenvalue weighted by atomic mass is 10.0. The molecule has 0 spiro atoms. The molecule has 13 rings (SSSR count). The number of hydrogen-bond acceptors (Lipinski definition) is 4. The molecule has 0 saturated heterocycles. The summed E-state index contributed by atoms with van der Waals surface area (Å²) in [6.45, 7) is 0. The van der Waals surface area contributed by atoms with Crippen LogP contribution in [0.2, 0.25) is 0 Å². The third-order valence-corrected chi connectivity index (χ3v) is 12.4. The second-order valence-electron chi connectivity index (χ2n) is 16.0. The molecule has 6 heteroatoms. The van der Waals surface area contributed by atoms with Gasteiger partial charge in [-0.1, -0.05) is 146 Å². The Morgan fingerprint density at radius 3 is 1.46 bits per heavy atom. The van der Waals surface area contributed by atoms with Gasteiger partial charge in [0, 0.05) is 43.7 Å². The van der Waals surface area contributed by atoms with Crippen LogP contribution in [0.5, 0.6) is 0 Å². The highest BCUT2D eigenvalue weighted by Gasteiger charge is 2.22. The first kappa shape index (κ1) is 35.2. The summed E-state index contributed by atoms with van der Waals surface area (Å²) < 4.78 is 11.6. The molecule has 0 unspecified atom stereocenters. The lowest BCUT2D eigenvalue weighted by Crippen LogP contribution is -2.00. The number of aromatic nitrogens is 5. The van der Waals surface area contributed by atoms with Gasteiger partial charge in [-0.2, -0.15) is 0 Å². The van der Waals surface area contributed by atoms with Gasteiger partial charge in [0.2, 0.25) is 0 Å². The van der Waals surface area contributed by atoms with Gasteiger partial charge in [0.1, 0.15) is 11.2 Å². The molecule has 0 radical (unpaired) electrons. The quantitative estimate of drug-likeness (QED) is 0.168. The van der Waals surface area contributed by atoms with E-state index in [9.17, 15) is 0 Å². The van der Waals surface area contributed by atoms with Crippen molar-refractivity contribution in [2.45, 2.75) is 0 Å². The fourth-order valence-corrected chi connectivity index (χ4v) is 9.54. The molecule has 0 aliphatic carbocycles. The maximum Gasteiger partial charge on any atom is 0.167 e. The number of benzene rings is 9. The maximum absolute atomic E-state index is 6.85. The van der Waals surface area contributed by atoms with Crippen molar-refractivity contribution in [3.05, 3.63) is 212 Å². The third-order valence-electron chi connectivity index (χ3n) is 12.4. The predicted molar refractivity (Wildman–Crippen MR) is 258 cm³/mol. The van der Waals surface area contributed by atoms with E-state index in [0.29, 0.717) is 17.5 Å². The lowest BCUT2D eigenvalue weighted by Gasteiger charge is -2.11. The summed E-state index contributed by atoms with van der Waals surface area (Å²) in [5.41, 5.74) is 13.4. The van der Waals surface area contributed by atoms with Crippen molar-refractivity contribution in [3.8, 4) is 56.7 Å². The van der Waals surface area contributed by atoms with Crippen LogP contribution in [0.3, 0.4) is 0 Å². The molecule has 0 saturated carbocycles. The standard InChI is InChI=1S/C57H35N5O/c1-4-16-36(17-5-1)55-58-56(37-18-6-2-7-19-37)60-57(59-55)44-25-14-24-43-53-51(28-15-29-52(53)63-54(43)44)62-48-27-13-11-23-42(48)46-35-39(31-33-50(46)62)38-30-32-49-45(34-38)41-22-10-12-26-47(41)61(49)40-20-8-3-9-21-40/h1-35H. The van der Waals surface area contributed by atoms with E-state index in [1.807, 2.05) is 66.7 Å². The minimum atomic E-state index is 0.557. The lowest BCUT2D eigenvalue weighted by molar-refractivity contribution is 0.669. The normalized spacial score (nSPS) is 11.8. The highest BCUT2D eigenvalue weighted by atomic mass is 16.3. The molecule has 0 aliphatic heterocycles. The number of rotatable bonds is 6. The maximum atomic E-state index is 6.85. The van der Waals surface area contributed by atoms with Crippen LogP contribution < -0.4 is 0 Å². The van der Waals surface area contributed by atoms with Crippen molar-refractivity contribution < 1.29 is 4.42 Å². The predicted octanol–water partition coefficient (Wildman–Crippen LogP) is 14.6. The average molecular weight is 806 g/mol. The van der Waals surface area contributed by atoms with Crippen molar-refractivity contribution in [2.75, 3.05) is 0 Å². The first-order valence-electron chi connectivity index (χ1n) is 21.2. The Kier molecular flexibility index (Phi) is 7.80. The van der Waals surface area contributed by atoms with Crippen molar-refractivity contribution in [3.63, 3.8) is 0 Å². The molecule has 0 amide bonds. The van der Waals surface area contributed by atoms with Crippen LogP contribution in [0, 0.1) is 0 Å². The van der Waals surface area contributed by atoms with Gasteiger partial charge in [-0.05, 0) is 77.9 Å². The van der Waals surface area contributed by atoms with Crippen LogP contribution >= 0.6 is 0 Å². The highest BCUT2D eigenvalue weighted by molar-refractivity contribution is 6.17. The number of nitrogens with zero attached hydrogens (tertiary/aromatic N) is 5. The van der Waals surface area contributed by atoms with Crippen molar-refractivity contribution >= 4 is 65.6 Å². The minimum absolute atomic E-state index is 0.557. The SMILES string of the molecule is c1ccc(-c2nc(-c3ccccc3)nc(-c3cccc4c3oc3cccc(-n5c6ccccc6c6cc(-c7ccc8c(c7)c7ccccc7n8-c7ccccc7)ccc65)c34)n2)cc1. The molecule has 0 atom stereocenters. The van der Waals surface area contributed by atoms with Gasteiger partial charge in [0.15, 0.2) is 17.5 Å². The van der Waals surface area contributed by atoms with Gasteiger partial charge in [-0.25, -0.2) is 15.0 Å². The van der Waals surface area contributed by atoms with E-state index in [1.165, 1.54) is 43.7 Å². The van der Waals surface area contributed by atoms with Crippen LogP contribution in [0.1, 0.15) is 0 Å². The molecule has 6 nitrogen and oxygen atoms in total. The topological polar surface area (TPSA) is 61.7 Å². The highest BCUT2D eigenvalue weighted by Crippen LogP contribution is 2.43. The molecule has 0 bridgehead atoms. The Hall–Kier alpha value is -8.61. The Bertz CT molecular complexity index is 3850. The van der Waals surface area contributed by atoms with Crippen LogP contribution in [0.25, 0.3) is 122 Å². The van der Waals surface area contributed by atoms with Crippen molar-refractivity contribution in [2.24, 2.45) is 0 Å². The molecule has 4 heterocycles. The minimum Gasteiger partial charge on any atom is -0.455 e. The summed E-state index contributed by atoms with van der Waals surface area (Å²) in [7, 11) is 0. The summed E-state index contributed by atoms with van der Waals surface area (Å²) in [6, 6.07) is 74.5. The average Bonchev–Trinajstić information content (AvgIpc) is 4.02. The zero-order valence-electron chi connectivity index (χ0n) is 33.9.